The fraction of sp³-hybridized carbons (Fsp3) is 1.00. The quantitative estimate of drug-likeness (QED) is 0.567. The van der Waals surface area contributed by atoms with Crippen LogP contribution in [0.4, 0.5) is 0 Å². The molecule has 0 saturated heterocycles. The maximum absolute atomic E-state index is 5.75. The molecule has 8 heavy (non-hydrogen) atoms. The van der Waals surface area contributed by atoms with Crippen molar-refractivity contribution in [1.82, 2.24) is 0 Å². The summed E-state index contributed by atoms with van der Waals surface area (Å²) in [7, 11) is 0.186. The number of nitrogens with two attached hydrogens (primary N) is 1. The number of hydrogen-bond acceptors (Lipinski definition) is 1. The molecule has 0 aliphatic rings. The summed E-state index contributed by atoms with van der Waals surface area (Å²) in [5, 5.41) is 0. The Kier molecular flexibility index (Phi) is 2.93. The predicted octanol–water partition coefficient (Wildman–Crippen LogP) is 1.47. The fourth-order valence-corrected chi connectivity index (χ4v) is 2.45. The van der Waals surface area contributed by atoms with E-state index in [0.717, 1.165) is 0 Å². The first-order valence-corrected chi connectivity index (χ1v) is 5.27. The largest absolute Gasteiger partial charge is 0.325 e. The van der Waals surface area contributed by atoms with E-state index in [9.17, 15) is 0 Å². The van der Waals surface area contributed by atoms with E-state index in [1.54, 1.807) is 0 Å². The molecule has 2 heteroatoms. The molecular weight excluding hydrogens is 117 g/mol. The normalized spacial score (nSPS) is 12.8. The predicted molar refractivity (Wildman–Crippen MR) is 41.9 cm³/mol. The van der Waals surface area contributed by atoms with E-state index < -0.39 is 0 Å². The van der Waals surface area contributed by atoms with Crippen LogP contribution in [-0.2, 0) is 0 Å². The van der Waals surface area contributed by atoms with Gasteiger partial charge in [-0.3, -0.25) is 0 Å². The van der Waals surface area contributed by atoms with Crippen LogP contribution >= 0.6 is 7.92 Å². The highest BCUT2D eigenvalue weighted by Gasteiger charge is 2.11. The first-order valence-electron chi connectivity index (χ1n) is 2.85. The Morgan fingerprint density at radius 3 is 1.75 bits per heavy atom. The minimum atomic E-state index is 0.0508. The van der Waals surface area contributed by atoms with E-state index in [1.807, 2.05) is 0 Å². The average molecular weight is 133 g/mol. The van der Waals surface area contributed by atoms with Gasteiger partial charge in [-0.25, -0.2) is 0 Å². The highest BCUT2D eigenvalue weighted by molar-refractivity contribution is 7.56. The van der Waals surface area contributed by atoms with Gasteiger partial charge in [0.2, 0.25) is 0 Å². The van der Waals surface area contributed by atoms with Crippen LogP contribution in [0, 0.1) is 0 Å². The zero-order chi connectivity index (χ0) is 6.78. The van der Waals surface area contributed by atoms with E-state index in [1.165, 1.54) is 6.16 Å². The first kappa shape index (κ1) is 8.39. The smallest absolute Gasteiger partial charge is 0.0136 e. The molecule has 0 unspecified atom stereocenters. The van der Waals surface area contributed by atoms with Crippen molar-refractivity contribution < 1.29 is 0 Å². The molecule has 0 bridgehead atoms. The van der Waals surface area contributed by atoms with Crippen LogP contribution in [-0.4, -0.2) is 25.0 Å². The number of rotatable bonds is 2. The molecule has 0 fully saturated rings. The topological polar surface area (TPSA) is 26.0 Å². The van der Waals surface area contributed by atoms with Crippen molar-refractivity contribution in [2.75, 3.05) is 19.5 Å². The Bertz CT molecular complexity index is 63.4. The maximum atomic E-state index is 5.75. The molecule has 0 aromatic rings. The van der Waals surface area contributed by atoms with Crippen LogP contribution in [0.1, 0.15) is 13.8 Å². The molecule has 0 radical (unpaired) electrons. The van der Waals surface area contributed by atoms with Crippen molar-refractivity contribution in [3.63, 3.8) is 0 Å². The summed E-state index contributed by atoms with van der Waals surface area (Å²) in [5.41, 5.74) is 5.80. The Balaban J connectivity index is 3.39. The minimum absolute atomic E-state index is 0.0508. The SMILES string of the molecule is CP(C)CC(C)(C)N. The van der Waals surface area contributed by atoms with E-state index >= 15 is 0 Å². The molecule has 50 valence electrons. The van der Waals surface area contributed by atoms with Crippen molar-refractivity contribution in [1.29, 1.82) is 0 Å². The molecule has 2 N–H and O–H groups in total. The monoisotopic (exact) mass is 133 g/mol. The van der Waals surface area contributed by atoms with Crippen molar-refractivity contribution in [2.24, 2.45) is 5.73 Å². The Labute approximate surface area is 53.4 Å². The second-order valence-electron chi connectivity index (χ2n) is 3.23. The van der Waals surface area contributed by atoms with Crippen LogP contribution < -0.4 is 5.73 Å². The lowest BCUT2D eigenvalue weighted by Crippen LogP contribution is -2.35. The Morgan fingerprint density at radius 2 is 1.75 bits per heavy atom. The minimum Gasteiger partial charge on any atom is -0.325 e. The molecule has 0 amide bonds. The third-order valence-electron chi connectivity index (χ3n) is 0.724. The van der Waals surface area contributed by atoms with Crippen molar-refractivity contribution in [2.45, 2.75) is 19.4 Å². The zero-order valence-corrected chi connectivity index (χ0v) is 7.13. The highest BCUT2D eigenvalue weighted by atomic mass is 31.1. The molecule has 0 saturated carbocycles. The van der Waals surface area contributed by atoms with Crippen molar-refractivity contribution in [3.8, 4) is 0 Å². The first-order chi connectivity index (χ1) is 3.42. The van der Waals surface area contributed by atoms with Gasteiger partial charge in [-0.2, -0.15) is 0 Å². The highest BCUT2D eigenvalue weighted by Crippen LogP contribution is 2.27. The van der Waals surface area contributed by atoms with Crippen LogP contribution in [0.5, 0.6) is 0 Å². The maximum Gasteiger partial charge on any atom is 0.0136 e. The van der Waals surface area contributed by atoms with Gasteiger partial charge in [0.25, 0.3) is 0 Å². The lowest BCUT2D eigenvalue weighted by molar-refractivity contribution is 0.588. The van der Waals surface area contributed by atoms with Gasteiger partial charge >= 0.3 is 0 Å². The summed E-state index contributed by atoms with van der Waals surface area (Å²) in [6.07, 6.45) is 1.17. The van der Waals surface area contributed by atoms with Gasteiger partial charge in [0.15, 0.2) is 0 Å². The van der Waals surface area contributed by atoms with Crippen LogP contribution in [0.2, 0.25) is 0 Å². The summed E-state index contributed by atoms with van der Waals surface area (Å²) in [4.78, 5) is 0. The lowest BCUT2D eigenvalue weighted by atomic mass is 10.1. The Morgan fingerprint density at radius 1 is 1.38 bits per heavy atom. The Hall–Kier alpha value is 0.390. The molecule has 0 aliphatic heterocycles. The fourth-order valence-electron chi connectivity index (χ4n) is 0.815. The van der Waals surface area contributed by atoms with Gasteiger partial charge in [-0.1, -0.05) is 0 Å². The van der Waals surface area contributed by atoms with Gasteiger partial charge in [-0.05, 0) is 33.3 Å². The van der Waals surface area contributed by atoms with E-state index in [4.69, 9.17) is 5.73 Å². The third kappa shape index (κ3) is 6.39. The lowest BCUT2D eigenvalue weighted by Gasteiger charge is -2.20. The molecule has 0 aromatic heterocycles. The standard InChI is InChI=1S/C6H16NP/c1-6(2,7)5-8(3)4/h5,7H2,1-4H3. The molecular formula is C6H16NP. The molecule has 0 heterocycles. The van der Waals surface area contributed by atoms with Crippen LogP contribution in [0.3, 0.4) is 0 Å². The van der Waals surface area contributed by atoms with Crippen molar-refractivity contribution >= 4 is 7.92 Å². The molecule has 1 nitrogen and oxygen atoms in total. The molecule has 0 atom stereocenters. The molecule has 0 aromatic carbocycles. The van der Waals surface area contributed by atoms with Gasteiger partial charge in [0.05, 0.1) is 0 Å². The zero-order valence-electron chi connectivity index (χ0n) is 6.23. The summed E-state index contributed by atoms with van der Waals surface area (Å²) in [6, 6.07) is 0. The van der Waals surface area contributed by atoms with Gasteiger partial charge < -0.3 is 5.73 Å². The molecule has 0 rings (SSSR count). The van der Waals surface area contributed by atoms with Crippen LogP contribution in [0.15, 0.2) is 0 Å². The van der Waals surface area contributed by atoms with Gasteiger partial charge in [0.1, 0.15) is 0 Å². The third-order valence-corrected chi connectivity index (χ3v) is 2.17. The average Bonchev–Trinajstić information content (AvgIpc) is 1.21. The van der Waals surface area contributed by atoms with Crippen LogP contribution in [0.25, 0.3) is 0 Å². The van der Waals surface area contributed by atoms with Gasteiger partial charge in [0, 0.05) is 5.54 Å². The molecule has 0 aliphatic carbocycles. The van der Waals surface area contributed by atoms with E-state index in [2.05, 4.69) is 27.2 Å². The molecule has 0 spiro atoms. The summed E-state index contributed by atoms with van der Waals surface area (Å²) >= 11 is 0. The van der Waals surface area contributed by atoms with Gasteiger partial charge in [-0.15, -0.1) is 7.92 Å². The second kappa shape index (κ2) is 2.80. The van der Waals surface area contributed by atoms with E-state index in [0.29, 0.717) is 0 Å². The summed E-state index contributed by atoms with van der Waals surface area (Å²) in [5.74, 6) is 0. The van der Waals surface area contributed by atoms with Crippen molar-refractivity contribution in [3.05, 3.63) is 0 Å². The second-order valence-corrected chi connectivity index (χ2v) is 5.70. The van der Waals surface area contributed by atoms with E-state index in [-0.39, 0.29) is 13.5 Å². The summed E-state index contributed by atoms with van der Waals surface area (Å²) in [6.45, 7) is 8.67. The number of hydrogen-bond donors (Lipinski definition) is 1. The summed E-state index contributed by atoms with van der Waals surface area (Å²) < 4.78 is 0.